The summed E-state index contributed by atoms with van der Waals surface area (Å²) < 4.78 is 13.1. The third-order valence-electron chi connectivity index (χ3n) is 8.51. The summed E-state index contributed by atoms with van der Waals surface area (Å²) >= 11 is 0. The molecule has 0 saturated carbocycles. The summed E-state index contributed by atoms with van der Waals surface area (Å²) in [6.45, 7) is 4.90. The molecule has 7 nitrogen and oxygen atoms in total. The molecule has 1 heterocycles. The van der Waals surface area contributed by atoms with Crippen molar-refractivity contribution in [3.8, 4) is 17.0 Å². The Hall–Kier alpha value is -4.10. The van der Waals surface area contributed by atoms with Gasteiger partial charge in [-0.2, -0.15) is 0 Å². The van der Waals surface area contributed by atoms with Crippen molar-refractivity contribution < 1.29 is 19.1 Å². The molecule has 0 radical (unpaired) electrons. The number of ether oxygens (including phenoxy) is 2. The molecule has 234 valence electrons. The van der Waals surface area contributed by atoms with Gasteiger partial charge in [-0.25, -0.2) is 0 Å². The second kappa shape index (κ2) is 15.6. The van der Waals surface area contributed by atoms with Crippen molar-refractivity contribution >= 4 is 22.7 Å². The largest absolute Gasteiger partial charge is 0.497 e. The number of rotatable bonds is 16. The lowest BCUT2D eigenvalue weighted by atomic mass is 9.83. The van der Waals surface area contributed by atoms with Crippen molar-refractivity contribution in [1.29, 1.82) is 0 Å². The van der Waals surface area contributed by atoms with E-state index < -0.39 is 5.54 Å². The van der Waals surface area contributed by atoms with Gasteiger partial charge in [0.05, 0.1) is 13.2 Å². The molecule has 4 rings (SSSR count). The van der Waals surface area contributed by atoms with E-state index in [-0.39, 0.29) is 24.5 Å². The van der Waals surface area contributed by atoms with Gasteiger partial charge in [-0.05, 0) is 73.2 Å². The molecule has 0 aliphatic heterocycles. The molecule has 4 aromatic rings. The van der Waals surface area contributed by atoms with Crippen LogP contribution in [0.25, 0.3) is 22.2 Å². The number of hydrogen-bond donors (Lipinski definition) is 1. The molecule has 0 spiro atoms. The van der Waals surface area contributed by atoms with Crippen LogP contribution in [-0.4, -0.2) is 60.7 Å². The molecule has 0 fully saturated rings. The lowest BCUT2D eigenvalue weighted by Gasteiger charge is -2.38. The van der Waals surface area contributed by atoms with Crippen molar-refractivity contribution in [2.75, 3.05) is 27.8 Å². The summed E-state index contributed by atoms with van der Waals surface area (Å²) in [5.74, 6) is 0.494. The number of unbranched alkanes of at least 4 members (excludes halogenated alkanes) is 1. The zero-order chi connectivity index (χ0) is 31.5. The Bertz CT molecular complexity index is 1490. The van der Waals surface area contributed by atoms with Crippen molar-refractivity contribution in [3.05, 3.63) is 90.5 Å². The van der Waals surface area contributed by atoms with Gasteiger partial charge in [-0.1, -0.05) is 68.8 Å². The standard InChI is InChI=1S/C37H47N3O4/c1-6-8-24-39(3)36(42)37(23-22-31(7-2)43-4,26-28-14-10-9-11-15-28)38-35(41)27-40-33-17-13-12-16-30(33)25-34(40)29-18-20-32(44-5)21-19-29/h9-21,25,31H,6-8,22-24,26-27H2,1-5H3,(H,38,41). The van der Waals surface area contributed by atoms with E-state index in [1.807, 2.05) is 84.4 Å². The Morgan fingerprint density at radius 2 is 1.66 bits per heavy atom. The molecule has 2 unspecified atom stereocenters. The quantitative estimate of drug-likeness (QED) is 0.153. The number of carbonyl (C=O) groups excluding carboxylic acids is 2. The second-order valence-corrected chi connectivity index (χ2v) is 11.6. The molecule has 3 aromatic carbocycles. The lowest BCUT2D eigenvalue weighted by molar-refractivity contribution is -0.141. The number of amides is 2. The number of aromatic nitrogens is 1. The van der Waals surface area contributed by atoms with E-state index in [0.717, 1.165) is 52.7 Å². The SMILES string of the molecule is CCCCN(C)C(=O)C(CCC(CC)OC)(Cc1ccccc1)NC(=O)Cn1c(-c2ccc(OC)cc2)cc2ccccc21. The maximum Gasteiger partial charge on any atom is 0.248 e. The molecule has 44 heavy (non-hydrogen) atoms. The van der Waals surface area contributed by atoms with Crippen LogP contribution in [0.5, 0.6) is 5.75 Å². The van der Waals surface area contributed by atoms with Crippen LogP contribution in [0.15, 0.2) is 84.9 Å². The summed E-state index contributed by atoms with van der Waals surface area (Å²) in [5.41, 5.74) is 2.73. The Balaban J connectivity index is 1.74. The normalized spacial score (nSPS) is 13.3. The average Bonchev–Trinajstić information content (AvgIpc) is 3.41. The summed E-state index contributed by atoms with van der Waals surface area (Å²) in [6.07, 6.45) is 4.20. The van der Waals surface area contributed by atoms with Gasteiger partial charge < -0.3 is 24.3 Å². The highest BCUT2D eigenvalue weighted by molar-refractivity contribution is 5.93. The number of hydrogen-bond acceptors (Lipinski definition) is 4. The molecule has 2 amide bonds. The Kier molecular flexibility index (Phi) is 11.6. The van der Waals surface area contributed by atoms with Crippen molar-refractivity contribution in [3.63, 3.8) is 0 Å². The highest BCUT2D eigenvalue weighted by Gasteiger charge is 2.42. The third-order valence-corrected chi connectivity index (χ3v) is 8.51. The number of para-hydroxylation sites is 1. The highest BCUT2D eigenvalue weighted by Crippen LogP contribution is 2.30. The lowest BCUT2D eigenvalue weighted by Crippen LogP contribution is -2.61. The van der Waals surface area contributed by atoms with Gasteiger partial charge in [0.1, 0.15) is 17.8 Å². The van der Waals surface area contributed by atoms with Crippen molar-refractivity contribution in [2.45, 2.75) is 70.6 Å². The van der Waals surface area contributed by atoms with Gasteiger partial charge in [0.25, 0.3) is 0 Å². The van der Waals surface area contributed by atoms with Crippen LogP contribution in [-0.2, 0) is 27.3 Å². The van der Waals surface area contributed by atoms with E-state index in [4.69, 9.17) is 9.47 Å². The van der Waals surface area contributed by atoms with E-state index in [2.05, 4.69) is 31.3 Å². The molecular formula is C37H47N3O4. The minimum Gasteiger partial charge on any atom is -0.497 e. The molecule has 7 heteroatoms. The first-order valence-corrected chi connectivity index (χ1v) is 15.7. The topological polar surface area (TPSA) is 72.8 Å². The monoisotopic (exact) mass is 597 g/mol. The van der Waals surface area contributed by atoms with E-state index in [9.17, 15) is 9.59 Å². The van der Waals surface area contributed by atoms with Crippen LogP contribution < -0.4 is 10.1 Å². The van der Waals surface area contributed by atoms with E-state index >= 15 is 0 Å². The predicted octanol–water partition coefficient (Wildman–Crippen LogP) is 6.88. The van der Waals surface area contributed by atoms with Gasteiger partial charge in [0.2, 0.25) is 11.8 Å². The number of carbonyl (C=O) groups is 2. The smallest absolute Gasteiger partial charge is 0.248 e. The van der Waals surface area contributed by atoms with Crippen LogP contribution in [0.4, 0.5) is 0 Å². The Morgan fingerprint density at radius 3 is 2.32 bits per heavy atom. The Labute approximate surface area is 262 Å². The van der Waals surface area contributed by atoms with Gasteiger partial charge >= 0.3 is 0 Å². The fourth-order valence-corrected chi connectivity index (χ4v) is 5.97. The first-order chi connectivity index (χ1) is 21.3. The van der Waals surface area contributed by atoms with Gasteiger partial charge in [0, 0.05) is 43.7 Å². The summed E-state index contributed by atoms with van der Waals surface area (Å²) in [6, 6.07) is 28.0. The maximum atomic E-state index is 14.4. The minimum absolute atomic E-state index is 0.00846. The third kappa shape index (κ3) is 7.88. The zero-order valence-corrected chi connectivity index (χ0v) is 26.8. The zero-order valence-electron chi connectivity index (χ0n) is 26.8. The number of nitrogens with one attached hydrogen (secondary N) is 1. The van der Waals surface area contributed by atoms with Crippen LogP contribution in [0.1, 0.15) is 51.5 Å². The minimum atomic E-state index is -1.13. The molecule has 0 saturated heterocycles. The molecule has 0 aliphatic carbocycles. The number of fused-ring (bicyclic) bond motifs is 1. The molecule has 1 aromatic heterocycles. The van der Waals surface area contributed by atoms with Gasteiger partial charge in [-0.3, -0.25) is 9.59 Å². The second-order valence-electron chi connectivity index (χ2n) is 11.6. The number of likely N-dealkylation sites (N-methyl/N-ethyl adjacent to an activating group) is 1. The van der Waals surface area contributed by atoms with Crippen LogP contribution in [0.3, 0.4) is 0 Å². The van der Waals surface area contributed by atoms with E-state index in [0.29, 0.717) is 25.8 Å². The summed E-state index contributed by atoms with van der Waals surface area (Å²) in [7, 11) is 5.20. The first kappa shape index (κ1) is 32.8. The number of methoxy groups -OCH3 is 2. The van der Waals surface area contributed by atoms with Gasteiger partial charge in [0.15, 0.2) is 0 Å². The first-order valence-electron chi connectivity index (χ1n) is 15.7. The van der Waals surface area contributed by atoms with Gasteiger partial charge in [-0.15, -0.1) is 0 Å². The fraction of sp³-hybridized carbons (Fsp3) is 0.405. The van der Waals surface area contributed by atoms with Crippen LogP contribution in [0.2, 0.25) is 0 Å². The average molecular weight is 598 g/mol. The molecule has 0 aliphatic rings. The molecule has 2 atom stereocenters. The fourth-order valence-electron chi connectivity index (χ4n) is 5.97. The highest BCUT2D eigenvalue weighted by atomic mass is 16.5. The molecule has 1 N–H and O–H groups in total. The summed E-state index contributed by atoms with van der Waals surface area (Å²) in [5, 5.41) is 4.36. The van der Waals surface area contributed by atoms with Crippen LogP contribution >= 0.6 is 0 Å². The van der Waals surface area contributed by atoms with Crippen molar-refractivity contribution in [2.24, 2.45) is 0 Å². The van der Waals surface area contributed by atoms with Crippen LogP contribution in [0, 0.1) is 0 Å². The Morgan fingerprint density at radius 1 is 0.955 bits per heavy atom. The number of benzene rings is 3. The summed E-state index contributed by atoms with van der Waals surface area (Å²) in [4.78, 5) is 30.4. The molecular weight excluding hydrogens is 550 g/mol. The number of nitrogens with zero attached hydrogens (tertiary/aromatic N) is 2. The van der Waals surface area contributed by atoms with E-state index in [1.165, 1.54) is 0 Å². The predicted molar refractivity (Wildman–Crippen MR) is 178 cm³/mol. The van der Waals surface area contributed by atoms with E-state index in [1.54, 1.807) is 19.1 Å². The molecule has 0 bridgehead atoms. The maximum absolute atomic E-state index is 14.4. The van der Waals surface area contributed by atoms with Crippen molar-refractivity contribution in [1.82, 2.24) is 14.8 Å².